The summed E-state index contributed by atoms with van der Waals surface area (Å²) in [7, 11) is -3.72. The molecular formula is C19H22N2O6S2. The standard InChI is InChI=1S/C19H22N2O6S2/c1-3-27-19(23)15-6-7-17(28-15)20-18(22)14-5-4-13(2)16(12-14)29(24,25)21-8-10-26-11-9-21/h4-7,12H,3,8-11H2,1-2H3,(H,20,22). The molecule has 29 heavy (non-hydrogen) atoms. The van der Waals surface area contributed by atoms with Crippen molar-refractivity contribution >= 4 is 38.2 Å². The lowest BCUT2D eigenvalue weighted by atomic mass is 10.1. The number of nitrogens with zero attached hydrogens (tertiary/aromatic N) is 1. The summed E-state index contributed by atoms with van der Waals surface area (Å²) in [5.41, 5.74) is 0.780. The summed E-state index contributed by atoms with van der Waals surface area (Å²) in [6, 6.07) is 7.75. The number of carbonyl (C=O) groups is 2. The van der Waals surface area contributed by atoms with Crippen LogP contribution in [0.5, 0.6) is 0 Å². The van der Waals surface area contributed by atoms with Gasteiger partial charge in [0, 0.05) is 18.7 Å². The van der Waals surface area contributed by atoms with E-state index in [0.717, 1.165) is 11.3 Å². The Morgan fingerprint density at radius 3 is 2.62 bits per heavy atom. The van der Waals surface area contributed by atoms with Crippen molar-refractivity contribution in [3.8, 4) is 0 Å². The van der Waals surface area contributed by atoms with Crippen molar-refractivity contribution in [2.45, 2.75) is 18.7 Å². The lowest BCUT2D eigenvalue weighted by Crippen LogP contribution is -2.40. The molecular weight excluding hydrogens is 416 g/mol. The molecule has 1 fully saturated rings. The van der Waals surface area contributed by atoms with Crippen LogP contribution in [0.15, 0.2) is 35.2 Å². The van der Waals surface area contributed by atoms with E-state index in [0.29, 0.717) is 28.7 Å². The summed E-state index contributed by atoms with van der Waals surface area (Å²) in [5.74, 6) is -0.909. The third-order valence-electron chi connectivity index (χ3n) is 4.36. The largest absolute Gasteiger partial charge is 0.462 e. The molecule has 0 saturated carbocycles. The number of thiophene rings is 1. The minimum absolute atomic E-state index is 0.102. The van der Waals surface area contributed by atoms with E-state index < -0.39 is 21.9 Å². The van der Waals surface area contributed by atoms with E-state index in [1.165, 1.54) is 10.4 Å². The van der Waals surface area contributed by atoms with Gasteiger partial charge >= 0.3 is 5.97 Å². The van der Waals surface area contributed by atoms with Gasteiger partial charge in [-0.2, -0.15) is 4.31 Å². The number of hydrogen-bond acceptors (Lipinski definition) is 7. The molecule has 3 rings (SSSR count). The number of sulfonamides is 1. The maximum atomic E-state index is 13.0. The molecule has 0 spiro atoms. The van der Waals surface area contributed by atoms with Gasteiger partial charge in [-0.05, 0) is 43.7 Å². The first-order valence-corrected chi connectivity index (χ1v) is 11.4. The van der Waals surface area contributed by atoms with E-state index in [9.17, 15) is 18.0 Å². The van der Waals surface area contributed by atoms with Crippen molar-refractivity contribution in [1.29, 1.82) is 0 Å². The minimum atomic E-state index is -3.72. The van der Waals surface area contributed by atoms with Crippen LogP contribution in [0, 0.1) is 6.92 Å². The Bertz CT molecular complexity index is 1010. The van der Waals surface area contributed by atoms with Crippen LogP contribution in [-0.4, -0.2) is 57.5 Å². The highest BCUT2D eigenvalue weighted by atomic mass is 32.2. The Labute approximate surface area is 173 Å². The monoisotopic (exact) mass is 438 g/mol. The summed E-state index contributed by atoms with van der Waals surface area (Å²) in [4.78, 5) is 24.9. The number of esters is 1. The van der Waals surface area contributed by atoms with Gasteiger partial charge < -0.3 is 14.8 Å². The highest BCUT2D eigenvalue weighted by molar-refractivity contribution is 7.89. The van der Waals surface area contributed by atoms with Crippen molar-refractivity contribution in [2.24, 2.45) is 0 Å². The normalized spacial score (nSPS) is 15.1. The van der Waals surface area contributed by atoms with E-state index >= 15 is 0 Å². The number of nitrogens with one attached hydrogen (secondary N) is 1. The van der Waals surface area contributed by atoms with Crippen LogP contribution in [0.25, 0.3) is 0 Å². The predicted octanol–water partition coefficient (Wildman–Crippen LogP) is 2.51. The summed E-state index contributed by atoms with van der Waals surface area (Å²) < 4.78 is 37.5. The van der Waals surface area contributed by atoms with E-state index in [2.05, 4.69) is 5.32 Å². The molecule has 1 aliphatic rings. The molecule has 1 aliphatic heterocycles. The van der Waals surface area contributed by atoms with Gasteiger partial charge in [-0.15, -0.1) is 11.3 Å². The van der Waals surface area contributed by atoms with Crippen LogP contribution >= 0.6 is 11.3 Å². The predicted molar refractivity (Wildman–Crippen MR) is 109 cm³/mol. The molecule has 1 aromatic carbocycles. The van der Waals surface area contributed by atoms with Crippen LogP contribution in [0.4, 0.5) is 5.00 Å². The molecule has 0 aliphatic carbocycles. The summed E-state index contributed by atoms with van der Waals surface area (Å²) in [6.07, 6.45) is 0. The second-order valence-electron chi connectivity index (χ2n) is 6.34. The van der Waals surface area contributed by atoms with E-state index in [-0.39, 0.29) is 30.2 Å². The first kappa shape index (κ1) is 21.4. The average Bonchev–Trinajstić information content (AvgIpc) is 3.17. The fourth-order valence-electron chi connectivity index (χ4n) is 2.85. The molecule has 0 atom stereocenters. The van der Waals surface area contributed by atoms with E-state index in [1.54, 1.807) is 38.1 Å². The van der Waals surface area contributed by atoms with Crippen molar-refractivity contribution in [2.75, 3.05) is 38.2 Å². The van der Waals surface area contributed by atoms with Crippen LogP contribution < -0.4 is 5.32 Å². The summed E-state index contributed by atoms with van der Waals surface area (Å²) >= 11 is 1.09. The Morgan fingerprint density at radius 1 is 1.21 bits per heavy atom. The Hall–Kier alpha value is -2.27. The van der Waals surface area contributed by atoms with Gasteiger partial charge in [0.2, 0.25) is 10.0 Å². The number of morpholine rings is 1. The lowest BCUT2D eigenvalue weighted by molar-refractivity contribution is 0.0532. The Balaban J connectivity index is 1.80. The maximum absolute atomic E-state index is 13.0. The molecule has 8 nitrogen and oxygen atoms in total. The fraction of sp³-hybridized carbons (Fsp3) is 0.368. The first-order chi connectivity index (χ1) is 13.8. The van der Waals surface area contributed by atoms with E-state index in [1.807, 2.05) is 0 Å². The zero-order valence-corrected chi connectivity index (χ0v) is 17.8. The number of anilines is 1. The Kier molecular flexibility index (Phi) is 6.68. The molecule has 0 unspecified atom stereocenters. The molecule has 1 amide bonds. The van der Waals surface area contributed by atoms with Crippen LogP contribution in [-0.2, 0) is 19.5 Å². The lowest BCUT2D eigenvalue weighted by Gasteiger charge is -2.26. The van der Waals surface area contributed by atoms with Gasteiger partial charge in [0.15, 0.2) is 0 Å². The number of rotatable bonds is 6. The molecule has 1 saturated heterocycles. The molecule has 1 N–H and O–H groups in total. The second-order valence-corrected chi connectivity index (χ2v) is 9.33. The van der Waals surface area contributed by atoms with Crippen LogP contribution in [0.3, 0.4) is 0 Å². The van der Waals surface area contributed by atoms with Crippen molar-refractivity contribution in [1.82, 2.24) is 4.31 Å². The molecule has 2 heterocycles. The van der Waals surface area contributed by atoms with Gasteiger partial charge in [-0.25, -0.2) is 13.2 Å². The number of benzene rings is 1. The van der Waals surface area contributed by atoms with Gasteiger partial charge in [0.05, 0.1) is 29.7 Å². The van der Waals surface area contributed by atoms with Crippen LogP contribution in [0.2, 0.25) is 0 Å². The zero-order chi connectivity index (χ0) is 21.0. The third kappa shape index (κ3) is 4.84. The quantitative estimate of drug-likeness (QED) is 0.696. The summed E-state index contributed by atoms with van der Waals surface area (Å²) in [5, 5.41) is 3.17. The second kappa shape index (κ2) is 9.04. The van der Waals surface area contributed by atoms with E-state index in [4.69, 9.17) is 9.47 Å². The SMILES string of the molecule is CCOC(=O)c1ccc(NC(=O)c2ccc(C)c(S(=O)(=O)N3CCOCC3)c2)s1. The van der Waals surface area contributed by atoms with Gasteiger partial charge in [-0.1, -0.05) is 6.07 Å². The molecule has 156 valence electrons. The number of carbonyl (C=O) groups excluding carboxylic acids is 2. The third-order valence-corrected chi connectivity index (χ3v) is 7.38. The first-order valence-electron chi connectivity index (χ1n) is 9.09. The fourth-order valence-corrected chi connectivity index (χ4v) is 5.30. The molecule has 0 radical (unpaired) electrons. The van der Waals surface area contributed by atoms with Gasteiger partial charge in [0.1, 0.15) is 4.88 Å². The molecule has 10 heteroatoms. The number of amides is 1. The van der Waals surface area contributed by atoms with Gasteiger partial charge in [0.25, 0.3) is 5.91 Å². The number of aryl methyl sites for hydroxylation is 1. The highest BCUT2D eigenvalue weighted by Crippen LogP contribution is 2.25. The molecule has 1 aromatic heterocycles. The minimum Gasteiger partial charge on any atom is -0.462 e. The van der Waals surface area contributed by atoms with Crippen molar-refractivity contribution in [3.63, 3.8) is 0 Å². The summed E-state index contributed by atoms with van der Waals surface area (Å²) in [6.45, 7) is 4.93. The molecule has 0 bridgehead atoms. The van der Waals surface area contributed by atoms with Crippen molar-refractivity contribution < 1.29 is 27.5 Å². The number of hydrogen-bond donors (Lipinski definition) is 1. The average molecular weight is 439 g/mol. The topological polar surface area (TPSA) is 102 Å². The zero-order valence-electron chi connectivity index (χ0n) is 16.1. The Morgan fingerprint density at radius 2 is 1.93 bits per heavy atom. The van der Waals surface area contributed by atoms with Crippen molar-refractivity contribution in [3.05, 3.63) is 46.3 Å². The van der Waals surface area contributed by atoms with Crippen LogP contribution in [0.1, 0.15) is 32.5 Å². The molecule has 2 aromatic rings. The smallest absolute Gasteiger partial charge is 0.348 e. The highest BCUT2D eigenvalue weighted by Gasteiger charge is 2.28. The number of ether oxygens (including phenoxy) is 2. The van der Waals surface area contributed by atoms with Gasteiger partial charge in [-0.3, -0.25) is 4.79 Å². The maximum Gasteiger partial charge on any atom is 0.348 e.